The van der Waals surface area contributed by atoms with Crippen LogP contribution in [0.4, 0.5) is 10.5 Å². The molecule has 32 heavy (non-hydrogen) atoms. The van der Waals surface area contributed by atoms with Gasteiger partial charge in [-0.15, -0.1) is 0 Å². The first-order valence-corrected chi connectivity index (χ1v) is 11.2. The quantitative estimate of drug-likeness (QED) is 0.399. The Labute approximate surface area is 194 Å². The van der Waals surface area contributed by atoms with Crippen LogP contribution < -0.4 is 16.2 Å². The number of anilines is 1. The fraction of sp³-hybridized carbons (Fsp3) is 0.273. The molecule has 2 aromatic carbocycles. The third-order valence-corrected chi connectivity index (χ3v) is 6.05. The summed E-state index contributed by atoms with van der Waals surface area (Å²) < 4.78 is 6.54. The fourth-order valence-electron chi connectivity index (χ4n) is 3.00. The molecule has 0 bridgehead atoms. The van der Waals surface area contributed by atoms with E-state index in [4.69, 9.17) is 16.3 Å². The van der Waals surface area contributed by atoms with Gasteiger partial charge in [0.15, 0.2) is 5.16 Å². The molecule has 168 valence electrons. The Morgan fingerprint density at radius 3 is 2.75 bits per heavy atom. The maximum absolute atomic E-state index is 12.9. The second-order valence-corrected chi connectivity index (χ2v) is 8.42. The standard InChI is InChI=1S/C22H23ClN4O4S/c1-13-5-4-6-17(14(13)2)24-21(30)26-19(28)12-32-22-25-18-11-15(23)7-8-16(18)20(29)27(22)9-10-31-3/h4-8,11H,9-10,12H2,1-3H3,(H2,24,26,28,30). The lowest BCUT2D eigenvalue weighted by Gasteiger charge is -2.13. The van der Waals surface area contributed by atoms with E-state index in [1.165, 1.54) is 11.7 Å². The molecule has 0 aliphatic rings. The average Bonchev–Trinajstić information content (AvgIpc) is 2.74. The highest BCUT2D eigenvalue weighted by Crippen LogP contribution is 2.21. The van der Waals surface area contributed by atoms with Crippen molar-refractivity contribution in [1.82, 2.24) is 14.9 Å². The highest BCUT2D eigenvalue weighted by Gasteiger charge is 2.15. The number of aromatic nitrogens is 2. The van der Waals surface area contributed by atoms with Gasteiger partial charge in [-0.1, -0.05) is 35.5 Å². The van der Waals surface area contributed by atoms with E-state index >= 15 is 0 Å². The monoisotopic (exact) mass is 474 g/mol. The number of carbonyl (C=O) groups is 2. The Morgan fingerprint density at radius 2 is 2.00 bits per heavy atom. The van der Waals surface area contributed by atoms with Crippen molar-refractivity contribution >= 4 is 51.9 Å². The second-order valence-electron chi connectivity index (χ2n) is 7.04. The molecule has 0 fully saturated rings. The number of hydrogen-bond acceptors (Lipinski definition) is 6. The number of methoxy groups -OCH3 is 1. The number of thioether (sulfide) groups is 1. The number of carbonyl (C=O) groups excluding carboxylic acids is 2. The van der Waals surface area contributed by atoms with Gasteiger partial charge in [-0.2, -0.15) is 0 Å². The average molecular weight is 475 g/mol. The van der Waals surface area contributed by atoms with Crippen LogP contribution in [0.2, 0.25) is 5.02 Å². The molecule has 0 spiro atoms. The van der Waals surface area contributed by atoms with Gasteiger partial charge >= 0.3 is 6.03 Å². The van der Waals surface area contributed by atoms with Crippen LogP contribution in [0, 0.1) is 13.8 Å². The zero-order valence-electron chi connectivity index (χ0n) is 17.9. The Hall–Kier alpha value is -2.88. The van der Waals surface area contributed by atoms with Gasteiger partial charge in [0.25, 0.3) is 5.56 Å². The number of hydrogen-bond donors (Lipinski definition) is 2. The van der Waals surface area contributed by atoms with Crippen LogP contribution in [0.3, 0.4) is 0 Å². The van der Waals surface area contributed by atoms with Crippen LogP contribution in [0.15, 0.2) is 46.3 Å². The molecule has 3 amide bonds. The van der Waals surface area contributed by atoms with E-state index in [-0.39, 0.29) is 17.9 Å². The lowest BCUT2D eigenvalue weighted by molar-refractivity contribution is -0.117. The highest BCUT2D eigenvalue weighted by atomic mass is 35.5. The molecule has 1 heterocycles. The first-order chi connectivity index (χ1) is 15.3. The van der Waals surface area contributed by atoms with Gasteiger partial charge in [0.2, 0.25) is 5.91 Å². The SMILES string of the molecule is COCCn1c(SCC(=O)NC(=O)Nc2cccc(C)c2C)nc2cc(Cl)ccc2c1=O. The van der Waals surface area contributed by atoms with Gasteiger partial charge in [-0.05, 0) is 49.2 Å². The molecule has 2 N–H and O–H groups in total. The summed E-state index contributed by atoms with van der Waals surface area (Å²) in [6, 6.07) is 9.75. The number of nitrogens with one attached hydrogen (secondary N) is 2. The Kier molecular flexibility index (Phi) is 7.89. The lowest BCUT2D eigenvalue weighted by Crippen LogP contribution is -2.36. The molecule has 10 heteroatoms. The summed E-state index contributed by atoms with van der Waals surface area (Å²) in [7, 11) is 1.54. The smallest absolute Gasteiger partial charge is 0.325 e. The third-order valence-electron chi connectivity index (χ3n) is 4.84. The number of rotatable bonds is 7. The summed E-state index contributed by atoms with van der Waals surface area (Å²) >= 11 is 7.09. The van der Waals surface area contributed by atoms with Crippen LogP contribution >= 0.6 is 23.4 Å². The van der Waals surface area contributed by atoms with Crippen molar-refractivity contribution in [3.8, 4) is 0 Å². The molecule has 1 aromatic heterocycles. The minimum absolute atomic E-state index is 0.105. The van der Waals surface area contributed by atoms with Gasteiger partial charge in [-0.25, -0.2) is 9.78 Å². The fourth-order valence-corrected chi connectivity index (χ4v) is 3.99. The zero-order chi connectivity index (χ0) is 23.3. The molecule has 0 radical (unpaired) electrons. The number of ether oxygens (including phenoxy) is 1. The second kappa shape index (κ2) is 10.6. The predicted molar refractivity (Wildman–Crippen MR) is 127 cm³/mol. The number of nitrogens with zero attached hydrogens (tertiary/aromatic N) is 2. The number of halogens is 1. The van der Waals surface area contributed by atoms with Gasteiger partial charge in [0, 0.05) is 17.8 Å². The van der Waals surface area contributed by atoms with Crippen molar-refractivity contribution in [1.29, 1.82) is 0 Å². The molecular formula is C22H23ClN4O4S. The minimum Gasteiger partial charge on any atom is -0.383 e. The van der Waals surface area contributed by atoms with E-state index in [1.807, 2.05) is 26.0 Å². The van der Waals surface area contributed by atoms with Crippen LogP contribution in [0.25, 0.3) is 10.9 Å². The van der Waals surface area contributed by atoms with Gasteiger partial charge in [0.1, 0.15) is 0 Å². The van der Waals surface area contributed by atoms with Crippen LogP contribution in [-0.2, 0) is 16.1 Å². The summed E-state index contributed by atoms with van der Waals surface area (Å²) in [4.78, 5) is 42.0. The molecule has 8 nitrogen and oxygen atoms in total. The Bertz CT molecular complexity index is 1230. The van der Waals surface area contributed by atoms with Crippen molar-refractivity contribution < 1.29 is 14.3 Å². The Morgan fingerprint density at radius 1 is 1.22 bits per heavy atom. The Balaban J connectivity index is 1.72. The number of amides is 3. The number of aryl methyl sites for hydroxylation is 1. The third kappa shape index (κ3) is 5.67. The van der Waals surface area contributed by atoms with Crippen LogP contribution in [0.1, 0.15) is 11.1 Å². The molecule has 0 saturated carbocycles. The number of imide groups is 1. The van der Waals surface area contributed by atoms with Crippen molar-refractivity contribution in [3.05, 3.63) is 62.9 Å². The molecule has 0 aliphatic heterocycles. The van der Waals surface area contributed by atoms with Gasteiger partial charge < -0.3 is 10.1 Å². The summed E-state index contributed by atoms with van der Waals surface area (Å²) in [5, 5.41) is 6.19. The molecule has 3 aromatic rings. The van der Waals surface area contributed by atoms with E-state index in [9.17, 15) is 14.4 Å². The largest absolute Gasteiger partial charge is 0.383 e. The van der Waals surface area contributed by atoms with Crippen LogP contribution in [-0.4, -0.2) is 41.0 Å². The van der Waals surface area contributed by atoms with Gasteiger partial charge in [-0.3, -0.25) is 19.5 Å². The molecule has 0 unspecified atom stereocenters. The van der Waals surface area contributed by atoms with E-state index in [2.05, 4.69) is 15.6 Å². The normalized spacial score (nSPS) is 10.9. The first kappa shape index (κ1) is 23.8. The van der Waals surface area contributed by atoms with Crippen LogP contribution in [0.5, 0.6) is 0 Å². The molecule has 3 rings (SSSR count). The maximum atomic E-state index is 12.9. The zero-order valence-corrected chi connectivity index (χ0v) is 19.5. The van der Waals surface area contributed by atoms with Crippen molar-refractivity contribution in [2.45, 2.75) is 25.5 Å². The number of urea groups is 1. The first-order valence-electron chi connectivity index (χ1n) is 9.79. The molecule has 0 saturated heterocycles. The predicted octanol–water partition coefficient (Wildman–Crippen LogP) is 3.75. The minimum atomic E-state index is -0.626. The number of benzene rings is 2. The maximum Gasteiger partial charge on any atom is 0.325 e. The highest BCUT2D eigenvalue weighted by molar-refractivity contribution is 7.99. The summed E-state index contributed by atoms with van der Waals surface area (Å²) in [5.74, 6) is -0.623. The molecular weight excluding hydrogens is 452 g/mol. The van der Waals surface area contributed by atoms with Gasteiger partial charge in [0.05, 0.1) is 29.8 Å². The van der Waals surface area contributed by atoms with Crippen molar-refractivity contribution in [2.24, 2.45) is 0 Å². The summed E-state index contributed by atoms with van der Waals surface area (Å²) in [5.41, 5.74) is 2.77. The topological polar surface area (TPSA) is 102 Å². The molecule has 0 atom stereocenters. The van der Waals surface area contributed by atoms with E-state index in [0.717, 1.165) is 22.9 Å². The van der Waals surface area contributed by atoms with E-state index in [1.54, 1.807) is 24.3 Å². The number of fused-ring (bicyclic) bond motifs is 1. The summed E-state index contributed by atoms with van der Waals surface area (Å²) in [6.07, 6.45) is 0. The summed E-state index contributed by atoms with van der Waals surface area (Å²) in [6.45, 7) is 4.41. The van der Waals surface area contributed by atoms with Crippen molar-refractivity contribution in [2.75, 3.05) is 24.8 Å². The van der Waals surface area contributed by atoms with E-state index in [0.29, 0.717) is 33.4 Å². The van der Waals surface area contributed by atoms with E-state index < -0.39 is 11.9 Å². The lowest BCUT2D eigenvalue weighted by atomic mass is 10.1. The molecule has 0 aliphatic carbocycles. The van der Waals surface area contributed by atoms with Crippen molar-refractivity contribution in [3.63, 3.8) is 0 Å².